The fourth-order valence-corrected chi connectivity index (χ4v) is 3.40. The number of rotatable bonds is 8. The summed E-state index contributed by atoms with van der Waals surface area (Å²) >= 11 is 0. The van der Waals surface area contributed by atoms with Gasteiger partial charge in [-0.1, -0.05) is 30.7 Å². The first kappa shape index (κ1) is 18.5. The van der Waals surface area contributed by atoms with Crippen molar-refractivity contribution in [2.45, 2.75) is 50.9 Å². The number of hydrogen-bond donors (Lipinski definition) is 2. The molecule has 0 atom stereocenters. The number of carboxylic acid groups (broad SMARTS) is 1. The maximum atomic E-state index is 13.0. The Morgan fingerprint density at radius 3 is 2.54 bits per heavy atom. The number of ether oxygens (including phenoxy) is 1. The van der Waals surface area contributed by atoms with Crippen LogP contribution in [-0.4, -0.2) is 36.7 Å². The Bertz CT molecular complexity index is 564. The van der Waals surface area contributed by atoms with E-state index in [1.54, 1.807) is 0 Å². The normalized spacial score (nSPS) is 16.5. The molecule has 1 amide bonds. The summed E-state index contributed by atoms with van der Waals surface area (Å²) in [5, 5.41) is 11.7. The summed E-state index contributed by atoms with van der Waals surface area (Å²) in [7, 11) is 0. The maximum Gasteiger partial charge on any atom is 0.303 e. The van der Waals surface area contributed by atoms with Gasteiger partial charge in [0.15, 0.2) is 0 Å². The molecule has 5 nitrogen and oxygen atoms in total. The summed E-state index contributed by atoms with van der Waals surface area (Å²) in [6, 6.07) is 8.07. The Labute approximate surface area is 143 Å². The molecule has 0 unspecified atom stereocenters. The van der Waals surface area contributed by atoms with E-state index in [0.29, 0.717) is 39.0 Å². The van der Waals surface area contributed by atoms with Gasteiger partial charge in [-0.15, -0.1) is 0 Å². The molecule has 1 aromatic carbocycles. The maximum absolute atomic E-state index is 13.0. The van der Waals surface area contributed by atoms with Crippen LogP contribution in [0.15, 0.2) is 24.3 Å². The number of carbonyl (C=O) groups is 2. The molecule has 0 aliphatic carbocycles. The zero-order valence-electron chi connectivity index (χ0n) is 14.3. The molecule has 1 aliphatic heterocycles. The highest BCUT2D eigenvalue weighted by Gasteiger charge is 2.42. The highest BCUT2D eigenvalue weighted by Crippen LogP contribution is 2.36. The fourth-order valence-electron chi connectivity index (χ4n) is 3.40. The third-order valence-corrected chi connectivity index (χ3v) is 4.79. The van der Waals surface area contributed by atoms with Gasteiger partial charge in [0, 0.05) is 26.2 Å². The van der Waals surface area contributed by atoms with Crippen LogP contribution in [0.2, 0.25) is 0 Å². The van der Waals surface area contributed by atoms with E-state index in [2.05, 4.69) is 5.32 Å². The standard InChI is InChI=1S/C19H27NO4/c1-15-7-4-5-8-16(15)19(10-13-24-14-11-19)18(23)20-12-6-2-3-9-17(21)22/h4-5,7-8H,2-3,6,9-14H2,1H3,(H,20,23)(H,21,22). The molecule has 0 radical (unpaired) electrons. The third-order valence-electron chi connectivity index (χ3n) is 4.79. The molecule has 1 saturated heterocycles. The van der Waals surface area contributed by atoms with Crippen LogP contribution < -0.4 is 5.32 Å². The van der Waals surface area contributed by atoms with Crippen molar-refractivity contribution in [2.24, 2.45) is 0 Å². The zero-order valence-corrected chi connectivity index (χ0v) is 14.3. The van der Waals surface area contributed by atoms with Crippen molar-refractivity contribution in [2.75, 3.05) is 19.8 Å². The summed E-state index contributed by atoms with van der Waals surface area (Å²) in [5.41, 5.74) is 1.72. The van der Waals surface area contributed by atoms with Crippen molar-refractivity contribution >= 4 is 11.9 Å². The van der Waals surface area contributed by atoms with Gasteiger partial charge in [0.25, 0.3) is 0 Å². The Morgan fingerprint density at radius 1 is 1.17 bits per heavy atom. The van der Waals surface area contributed by atoms with Crippen LogP contribution in [0, 0.1) is 6.92 Å². The van der Waals surface area contributed by atoms with E-state index in [0.717, 1.165) is 24.0 Å². The average Bonchev–Trinajstić information content (AvgIpc) is 2.58. The lowest BCUT2D eigenvalue weighted by molar-refractivity contribution is -0.137. The molecular formula is C19H27NO4. The highest BCUT2D eigenvalue weighted by atomic mass is 16.5. The number of amides is 1. The Morgan fingerprint density at radius 2 is 1.88 bits per heavy atom. The monoisotopic (exact) mass is 333 g/mol. The topological polar surface area (TPSA) is 75.6 Å². The molecule has 0 spiro atoms. The van der Waals surface area contributed by atoms with E-state index >= 15 is 0 Å². The lowest BCUT2D eigenvalue weighted by Crippen LogP contribution is -2.48. The van der Waals surface area contributed by atoms with Gasteiger partial charge < -0.3 is 15.2 Å². The summed E-state index contributed by atoms with van der Waals surface area (Å²) < 4.78 is 5.48. The second-order valence-corrected chi connectivity index (χ2v) is 6.47. The number of aryl methyl sites for hydroxylation is 1. The quantitative estimate of drug-likeness (QED) is 0.717. The molecule has 5 heteroatoms. The number of nitrogens with one attached hydrogen (secondary N) is 1. The van der Waals surface area contributed by atoms with Crippen molar-refractivity contribution in [3.8, 4) is 0 Å². The number of unbranched alkanes of at least 4 members (excludes halogenated alkanes) is 2. The third kappa shape index (κ3) is 4.57. The molecule has 0 bridgehead atoms. The minimum absolute atomic E-state index is 0.0679. The van der Waals surface area contributed by atoms with Gasteiger partial charge in [0.1, 0.15) is 0 Å². The van der Waals surface area contributed by atoms with Crippen LogP contribution in [0.4, 0.5) is 0 Å². The van der Waals surface area contributed by atoms with Crippen molar-refractivity contribution in [1.82, 2.24) is 5.32 Å². The van der Waals surface area contributed by atoms with Crippen LogP contribution >= 0.6 is 0 Å². The van der Waals surface area contributed by atoms with Crippen molar-refractivity contribution < 1.29 is 19.4 Å². The van der Waals surface area contributed by atoms with E-state index in [9.17, 15) is 9.59 Å². The summed E-state index contributed by atoms with van der Waals surface area (Å²) in [5.74, 6) is -0.696. The fraction of sp³-hybridized carbons (Fsp3) is 0.579. The molecule has 1 aromatic rings. The molecule has 1 heterocycles. The molecule has 132 valence electrons. The lowest BCUT2D eigenvalue weighted by atomic mass is 9.72. The van der Waals surface area contributed by atoms with Crippen LogP contribution in [0.3, 0.4) is 0 Å². The molecule has 2 rings (SSSR count). The van der Waals surface area contributed by atoms with Gasteiger partial charge >= 0.3 is 5.97 Å². The molecule has 0 saturated carbocycles. The molecule has 2 N–H and O–H groups in total. The van der Waals surface area contributed by atoms with Crippen LogP contribution in [0.1, 0.15) is 49.7 Å². The van der Waals surface area contributed by atoms with E-state index in [1.165, 1.54) is 0 Å². The van der Waals surface area contributed by atoms with Gasteiger partial charge in [-0.3, -0.25) is 9.59 Å². The summed E-state index contributed by atoms with van der Waals surface area (Å²) in [6.07, 6.45) is 3.86. The Kier molecular flexibility index (Phi) is 6.79. The number of aliphatic carboxylic acids is 1. The van der Waals surface area contributed by atoms with Crippen molar-refractivity contribution in [3.05, 3.63) is 35.4 Å². The van der Waals surface area contributed by atoms with E-state index < -0.39 is 11.4 Å². The summed E-state index contributed by atoms with van der Waals surface area (Å²) in [6.45, 7) is 3.83. The highest BCUT2D eigenvalue weighted by molar-refractivity contribution is 5.88. The lowest BCUT2D eigenvalue weighted by Gasteiger charge is -2.37. The van der Waals surface area contributed by atoms with Crippen LogP contribution in [0.5, 0.6) is 0 Å². The average molecular weight is 333 g/mol. The zero-order chi connectivity index (χ0) is 17.4. The first-order valence-corrected chi connectivity index (χ1v) is 8.70. The molecule has 0 aromatic heterocycles. The minimum Gasteiger partial charge on any atom is -0.481 e. The van der Waals surface area contributed by atoms with Crippen molar-refractivity contribution in [3.63, 3.8) is 0 Å². The smallest absolute Gasteiger partial charge is 0.303 e. The minimum atomic E-state index is -0.764. The van der Waals surface area contributed by atoms with E-state index in [1.807, 2.05) is 31.2 Å². The first-order valence-electron chi connectivity index (χ1n) is 8.70. The first-order chi connectivity index (χ1) is 11.6. The van der Waals surface area contributed by atoms with Gasteiger partial charge in [0.2, 0.25) is 5.91 Å². The van der Waals surface area contributed by atoms with Gasteiger partial charge in [-0.2, -0.15) is 0 Å². The second-order valence-electron chi connectivity index (χ2n) is 6.47. The van der Waals surface area contributed by atoms with Crippen molar-refractivity contribution in [1.29, 1.82) is 0 Å². The molecule has 1 fully saturated rings. The number of carbonyl (C=O) groups excluding carboxylic acids is 1. The molecule has 1 aliphatic rings. The Hall–Kier alpha value is -1.88. The number of hydrogen-bond acceptors (Lipinski definition) is 3. The molecule has 24 heavy (non-hydrogen) atoms. The predicted octanol–water partition coefficient (Wildman–Crippen LogP) is 2.80. The van der Waals surface area contributed by atoms with E-state index in [4.69, 9.17) is 9.84 Å². The number of benzene rings is 1. The second kappa shape index (κ2) is 8.83. The van der Waals surface area contributed by atoms with Gasteiger partial charge in [-0.05, 0) is 43.7 Å². The summed E-state index contributed by atoms with van der Waals surface area (Å²) in [4.78, 5) is 23.4. The largest absolute Gasteiger partial charge is 0.481 e. The van der Waals surface area contributed by atoms with Crippen LogP contribution in [-0.2, 0) is 19.7 Å². The van der Waals surface area contributed by atoms with Crippen LogP contribution in [0.25, 0.3) is 0 Å². The van der Waals surface area contributed by atoms with E-state index in [-0.39, 0.29) is 12.3 Å². The number of carboxylic acids is 1. The van der Waals surface area contributed by atoms with Gasteiger partial charge in [-0.25, -0.2) is 0 Å². The Balaban J connectivity index is 1.97. The predicted molar refractivity (Wildman–Crippen MR) is 92.0 cm³/mol. The molecular weight excluding hydrogens is 306 g/mol. The van der Waals surface area contributed by atoms with Gasteiger partial charge in [0.05, 0.1) is 5.41 Å². The SMILES string of the molecule is Cc1ccccc1C1(C(=O)NCCCCCC(=O)O)CCOCC1.